The molecule has 2 aromatic rings. The third-order valence-corrected chi connectivity index (χ3v) is 4.67. The van der Waals surface area contributed by atoms with Crippen molar-refractivity contribution in [3.63, 3.8) is 0 Å². The molecular weight excluding hydrogens is 368 g/mol. The van der Waals surface area contributed by atoms with E-state index >= 15 is 0 Å². The summed E-state index contributed by atoms with van der Waals surface area (Å²) in [5.41, 5.74) is 2.20. The minimum Gasteiger partial charge on any atom is -0.394 e. The van der Waals surface area contributed by atoms with Crippen molar-refractivity contribution in [3.05, 3.63) is 52.9 Å². The minimum atomic E-state index is -0.945. The van der Waals surface area contributed by atoms with E-state index in [0.717, 1.165) is 23.4 Å². The lowest BCUT2D eigenvalue weighted by molar-refractivity contribution is 0.188. The number of amides is 2. The fourth-order valence-corrected chi connectivity index (χ4v) is 2.95. The van der Waals surface area contributed by atoms with Gasteiger partial charge in [-0.2, -0.15) is 0 Å². The van der Waals surface area contributed by atoms with Crippen LogP contribution in [0.4, 0.5) is 19.5 Å². The number of fused-ring (bicyclic) bond motifs is 1. The molecular formula is C19H23F2N5O2. The van der Waals surface area contributed by atoms with Crippen molar-refractivity contribution in [3.8, 4) is 0 Å². The van der Waals surface area contributed by atoms with Gasteiger partial charge in [-0.05, 0) is 43.5 Å². The molecule has 1 aliphatic rings. The van der Waals surface area contributed by atoms with E-state index in [1.807, 2.05) is 6.92 Å². The highest BCUT2D eigenvalue weighted by molar-refractivity contribution is 5.75. The number of halogens is 2. The smallest absolute Gasteiger partial charge is 0.318 e. The zero-order chi connectivity index (χ0) is 20.3. The molecule has 0 unspecified atom stereocenters. The first kappa shape index (κ1) is 19.9. The number of aliphatic hydroxyl groups is 1. The Morgan fingerprint density at radius 2 is 2.11 bits per heavy atom. The zero-order valence-corrected chi connectivity index (χ0v) is 15.7. The number of carbonyl (C=O) groups is 1. The van der Waals surface area contributed by atoms with Gasteiger partial charge < -0.3 is 20.6 Å². The molecule has 1 aromatic heterocycles. The van der Waals surface area contributed by atoms with Crippen molar-refractivity contribution < 1.29 is 18.7 Å². The molecule has 2 heterocycles. The molecule has 1 aliphatic heterocycles. The number of rotatable bonds is 5. The van der Waals surface area contributed by atoms with Crippen molar-refractivity contribution in [2.24, 2.45) is 0 Å². The number of hydrogen-bond acceptors (Lipinski definition) is 5. The molecule has 3 rings (SSSR count). The van der Waals surface area contributed by atoms with Gasteiger partial charge >= 0.3 is 6.03 Å². The maximum Gasteiger partial charge on any atom is 0.318 e. The highest BCUT2D eigenvalue weighted by Gasteiger charge is 2.24. The highest BCUT2D eigenvalue weighted by Crippen LogP contribution is 2.20. The minimum absolute atomic E-state index is 0.0448. The Bertz CT molecular complexity index is 864. The number of hydrogen-bond donors (Lipinski definition) is 3. The predicted molar refractivity (Wildman–Crippen MR) is 99.6 cm³/mol. The third-order valence-electron chi connectivity index (χ3n) is 4.67. The van der Waals surface area contributed by atoms with Gasteiger partial charge in [0.25, 0.3) is 0 Å². The van der Waals surface area contributed by atoms with Crippen LogP contribution in [0.25, 0.3) is 0 Å². The largest absolute Gasteiger partial charge is 0.394 e. The van der Waals surface area contributed by atoms with Gasteiger partial charge in [0, 0.05) is 18.8 Å². The first-order valence-electron chi connectivity index (χ1n) is 9.10. The number of aliphatic hydroxyl groups excluding tert-OH is 1. The summed E-state index contributed by atoms with van der Waals surface area (Å²) < 4.78 is 26.5. The summed E-state index contributed by atoms with van der Waals surface area (Å²) >= 11 is 0. The molecule has 0 bridgehead atoms. The molecule has 7 nitrogen and oxygen atoms in total. The molecule has 28 heavy (non-hydrogen) atoms. The van der Waals surface area contributed by atoms with E-state index in [0.29, 0.717) is 31.0 Å². The normalized spacial score (nSPS) is 15.5. The van der Waals surface area contributed by atoms with Crippen LogP contribution in [0.1, 0.15) is 36.7 Å². The van der Waals surface area contributed by atoms with Gasteiger partial charge in [0.05, 0.1) is 24.9 Å². The van der Waals surface area contributed by atoms with Crippen molar-refractivity contribution in [2.75, 3.05) is 18.5 Å². The van der Waals surface area contributed by atoms with Crippen LogP contribution in [0.3, 0.4) is 0 Å². The van der Waals surface area contributed by atoms with Crippen LogP contribution in [-0.2, 0) is 13.0 Å². The first-order valence-corrected chi connectivity index (χ1v) is 9.10. The Kier molecular flexibility index (Phi) is 6.03. The molecule has 0 saturated carbocycles. The molecule has 3 N–H and O–H groups in total. The second-order valence-electron chi connectivity index (χ2n) is 6.91. The van der Waals surface area contributed by atoms with Crippen LogP contribution in [0.2, 0.25) is 0 Å². The fourth-order valence-electron chi connectivity index (χ4n) is 2.95. The van der Waals surface area contributed by atoms with E-state index in [1.54, 1.807) is 18.0 Å². The maximum atomic E-state index is 13.4. The highest BCUT2D eigenvalue weighted by atomic mass is 19.2. The van der Waals surface area contributed by atoms with Gasteiger partial charge in [-0.15, -0.1) is 0 Å². The lowest BCUT2D eigenvalue weighted by Crippen LogP contribution is -2.44. The molecule has 0 saturated heterocycles. The van der Waals surface area contributed by atoms with Crippen LogP contribution in [-0.4, -0.2) is 45.2 Å². The number of anilines is 1. The number of nitrogens with zero attached hydrogens (tertiary/aromatic N) is 3. The predicted octanol–water partition coefficient (Wildman–Crippen LogP) is 2.38. The summed E-state index contributed by atoms with van der Waals surface area (Å²) in [5, 5.41) is 14.9. The summed E-state index contributed by atoms with van der Waals surface area (Å²) in [7, 11) is 0. The van der Waals surface area contributed by atoms with Gasteiger partial charge in [0.15, 0.2) is 11.6 Å². The van der Waals surface area contributed by atoms with Crippen LogP contribution in [0.15, 0.2) is 24.4 Å². The summed E-state index contributed by atoms with van der Waals surface area (Å²) in [4.78, 5) is 22.9. The van der Waals surface area contributed by atoms with Gasteiger partial charge in [-0.1, -0.05) is 6.07 Å². The Hall–Kier alpha value is -2.81. The lowest BCUT2D eigenvalue weighted by atomic mass is 10.1. The summed E-state index contributed by atoms with van der Waals surface area (Å²) in [6, 6.07) is 2.61. The van der Waals surface area contributed by atoms with Crippen LogP contribution < -0.4 is 10.6 Å². The van der Waals surface area contributed by atoms with E-state index < -0.39 is 17.7 Å². The Morgan fingerprint density at radius 1 is 1.32 bits per heavy atom. The summed E-state index contributed by atoms with van der Waals surface area (Å²) in [6.45, 7) is 4.30. The molecule has 0 spiro atoms. The number of nitrogens with one attached hydrogen (secondary N) is 2. The molecule has 0 aliphatic carbocycles. The SMILES string of the molecule is C[C@@H](CO)Nc1ncc2c(n1)CN(C(=O)N[C@H](C)c1ccc(F)c(F)c1)CC2. The lowest BCUT2D eigenvalue weighted by Gasteiger charge is -2.29. The quantitative estimate of drug-likeness (QED) is 0.728. The van der Waals surface area contributed by atoms with Crippen LogP contribution >= 0.6 is 0 Å². The topological polar surface area (TPSA) is 90.4 Å². The standard InChI is InChI=1S/C19H23F2N5O2/c1-11(10-27)23-18-22-8-14-5-6-26(9-17(14)25-18)19(28)24-12(2)13-3-4-15(20)16(21)7-13/h3-4,7-8,11-12,27H,5-6,9-10H2,1-2H3,(H,24,28)(H,22,23,25)/t11-,12+/m0/s1. The summed E-state index contributed by atoms with van der Waals surface area (Å²) in [6.07, 6.45) is 2.35. The second kappa shape index (κ2) is 8.47. The fraction of sp³-hybridized carbons (Fsp3) is 0.421. The number of carbonyl (C=O) groups excluding carboxylic acids is 1. The van der Waals surface area contributed by atoms with E-state index in [9.17, 15) is 13.6 Å². The molecule has 2 atom stereocenters. The average molecular weight is 391 g/mol. The summed E-state index contributed by atoms with van der Waals surface area (Å²) in [5.74, 6) is -1.47. The van der Waals surface area contributed by atoms with Crippen molar-refractivity contribution in [2.45, 2.75) is 38.9 Å². The maximum absolute atomic E-state index is 13.4. The second-order valence-corrected chi connectivity index (χ2v) is 6.91. The molecule has 9 heteroatoms. The number of aromatic nitrogens is 2. The molecule has 0 fully saturated rings. The monoisotopic (exact) mass is 391 g/mol. The van der Waals surface area contributed by atoms with E-state index in [4.69, 9.17) is 5.11 Å². The third kappa shape index (κ3) is 4.53. The first-order chi connectivity index (χ1) is 13.4. The van der Waals surface area contributed by atoms with E-state index in [2.05, 4.69) is 20.6 Å². The Labute approximate surface area is 161 Å². The zero-order valence-electron chi connectivity index (χ0n) is 15.7. The van der Waals surface area contributed by atoms with Gasteiger partial charge in [-0.25, -0.2) is 23.5 Å². The molecule has 1 aromatic carbocycles. The van der Waals surface area contributed by atoms with Crippen LogP contribution in [0.5, 0.6) is 0 Å². The average Bonchev–Trinajstić information content (AvgIpc) is 2.69. The van der Waals surface area contributed by atoms with Crippen molar-refractivity contribution in [1.29, 1.82) is 0 Å². The number of urea groups is 1. The van der Waals surface area contributed by atoms with Crippen LogP contribution in [0, 0.1) is 11.6 Å². The Morgan fingerprint density at radius 3 is 2.82 bits per heavy atom. The Balaban J connectivity index is 1.66. The van der Waals surface area contributed by atoms with Crippen molar-refractivity contribution >= 4 is 12.0 Å². The van der Waals surface area contributed by atoms with Gasteiger partial charge in [0.2, 0.25) is 5.95 Å². The molecule has 0 radical (unpaired) electrons. The van der Waals surface area contributed by atoms with Gasteiger partial charge in [0.1, 0.15) is 0 Å². The molecule has 2 amide bonds. The van der Waals surface area contributed by atoms with E-state index in [-0.39, 0.29) is 18.7 Å². The van der Waals surface area contributed by atoms with E-state index in [1.165, 1.54) is 6.07 Å². The molecule has 150 valence electrons. The van der Waals surface area contributed by atoms with Gasteiger partial charge in [-0.3, -0.25) is 0 Å². The number of benzene rings is 1. The van der Waals surface area contributed by atoms with Crippen molar-refractivity contribution in [1.82, 2.24) is 20.2 Å².